The second-order valence-electron chi connectivity index (χ2n) is 3.21. The molecule has 0 aromatic carbocycles. The molecule has 0 aliphatic carbocycles. The Morgan fingerprint density at radius 3 is 2.80 bits per heavy atom. The van der Waals surface area contributed by atoms with Gasteiger partial charge in [-0.15, -0.1) is 12.4 Å². The highest BCUT2D eigenvalue weighted by molar-refractivity contribution is 5.96. The van der Waals surface area contributed by atoms with E-state index >= 15 is 0 Å². The maximum atomic E-state index is 11.6. The highest BCUT2D eigenvalue weighted by Gasteiger charge is 2.11. The Labute approximate surface area is 92.9 Å². The topological polar surface area (TPSA) is 61.9 Å². The predicted molar refractivity (Wildman–Crippen MR) is 59.2 cm³/mol. The van der Waals surface area contributed by atoms with Gasteiger partial charge in [0.25, 0.3) is 5.91 Å². The van der Waals surface area contributed by atoms with Gasteiger partial charge in [-0.3, -0.25) is 4.79 Å². The Morgan fingerprint density at radius 1 is 1.47 bits per heavy atom. The zero-order valence-electron chi connectivity index (χ0n) is 8.39. The Kier molecular flexibility index (Phi) is 3.26. The van der Waals surface area contributed by atoms with Crippen LogP contribution in [0.25, 0.3) is 11.0 Å². The molecule has 5 nitrogen and oxygen atoms in total. The number of halogens is 1. The van der Waals surface area contributed by atoms with Crippen LogP contribution in [0.1, 0.15) is 10.5 Å². The minimum absolute atomic E-state index is 0. The third-order valence-corrected chi connectivity index (χ3v) is 1.93. The van der Waals surface area contributed by atoms with Gasteiger partial charge in [-0.25, -0.2) is 9.97 Å². The van der Waals surface area contributed by atoms with Gasteiger partial charge in [-0.1, -0.05) is 0 Å². The fourth-order valence-corrected chi connectivity index (χ4v) is 1.23. The highest BCUT2D eigenvalue weighted by Crippen LogP contribution is 2.11. The largest absolute Gasteiger partial charge is 0.344 e. The van der Waals surface area contributed by atoms with Crippen LogP contribution in [-0.2, 0) is 0 Å². The molecule has 0 unspecified atom stereocenters. The molecule has 0 aliphatic heterocycles. The van der Waals surface area contributed by atoms with Gasteiger partial charge in [0.05, 0.1) is 0 Å². The summed E-state index contributed by atoms with van der Waals surface area (Å²) in [5.41, 5.74) is 1.22. The lowest BCUT2D eigenvalue weighted by Gasteiger charge is -2.07. The van der Waals surface area contributed by atoms with Crippen molar-refractivity contribution in [3.8, 4) is 0 Å². The van der Waals surface area contributed by atoms with E-state index in [2.05, 4.69) is 15.0 Å². The summed E-state index contributed by atoms with van der Waals surface area (Å²) in [5, 5.41) is 0.845. The van der Waals surface area contributed by atoms with E-state index in [9.17, 15) is 4.79 Å². The van der Waals surface area contributed by atoms with Gasteiger partial charge in [0, 0.05) is 25.7 Å². The van der Waals surface area contributed by atoms with Gasteiger partial charge < -0.3 is 9.88 Å². The van der Waals surface area contributed by atoms with Crippen molar-refractivity contribution < 1.29 is 4.79 Å². The van der Waals surface area contributed by atoms with E-state index in [1.165, 1.54) is 11.2 Å². The van der Waals surface area contributed by atoms with Crippen LogP contribution < -0.4 is 0 Å². The Balaban J connectivity index is 0.00000112. The van der Waals surface area contributed by atoms with Gasteiger partial charge in [0.2, 0.25) is 0 Å². The number of aromatic nitrogens is 3. The second kappa shape index (κ2) is 4.27. The van der Waals surface area contributed by atoms with Crippen LogP contribution in [0.15, 0.2) is 18.6 Å². The van der Waals surface area contributed by atoms with Gasteiger partial charge in [-0.05, 0) is 6.07 Å². The molecule has 0 atom stereocenters. The Bertz CT molecular complexity index is 447. The molecule has 0 radical (unpaired) electrons. The highest BCUT2D eigenvalue weighted by atomic mass is 35.5. The third kappa shape index (κ3) is 2.07. The number of hydrogen-bond donors (Lipinski definition) is 1. The lowest BCUT2D eigenvalue weighted by molar-refractivity contribution is 0.0823. The first-order chi connectivity index (χ1) is 6.68. The summed E-state index contributed by atoms with van der Waals surface area (Å²) in [6, 6.07) is 1.75. The molecule has 0 saturated heterocycles. The first-order valence-corrected chi connectivity index (χ1v) is 4.19. The monoisotopic (exact) mass is 226 g/mol. The van der Waals surface area contributed by atoms with Gasteiger partial charge in [0.15, 0.2) is 0 Å². The summed E-state index contributed by atoms with van der Waals surface area (Å²) in [7, 11) is 3.42. The number of rotatable bonds is 1. The minimum atomic E-state index is -0.0667. The van der Waals surface area contributed by atoms with Crippen molar-refractivity contribution >= 4 is 29.3 Å². The third-order valence-electron chi connectivity index (χ3n) is 1.93. The van der Waals surface area contributed by atoms with E-state index in [0.717, 1.165) is 5.39 Å². The second-order valence-corrected chi connectivity index (χ2v) is 3.21. The average Bonchev–Trinajstić information content (AvgIpc) is 2.59. The smallest absolute Gasteiger partial charge is 0.269 e. The van der Waals surface area contributed by atoms with Crippen LogP contribution >= 0.6 is 12.4 Å². The molecule has 0 spiro atoms. The molecule has 1 amide bonds. The van der Waals surface area contributed by atoms with Crippen LogP contribution in [0, 0.1) is 0 Å². The number of carbonyl (C=O) groups excluding carboxylic acids is 1. The SMILES string of the molecule is CN(C)C(=O)c1cc2cncnc2[nH]1.Cl. The number of H-pyrrole nitrogens is 1. The summed E-state index contributed by atoms with van der Waals surface area (Å²) in [5.74, 6) is -0.0667. The average molecular weight is 227 g/mol. The fraction of sp³-hybridized carbons (Fsp3) is 0.222. The zero-order chi connectivity index (χ0) is 10.1. The molecule has 6 heteroatoms. The lowest BCUT2D eigenvalue weighted by Crippen LogP contribution is -2.21. The van der Waals surface area contributed by atoms with Crippen LogP contribution in [0.2, 0.25) is 0 Å². The molecule has 0 aliphatic rings. The minimum Gasteiger partial charge on any atom is -0.344 e. The van der Waals surface area contributed by atoms with E-state index in [-0.39, 0.29) is 18.3 Å². The lowest BCUT2D eigenvalue weighted by atomic mass is 10.3. The number of carbonyl (C=O) groups is 1. The molecule has 0 fully saturated rings. The molecular weight excluding hydrogens is 216 g/mol. The van der Waals surface area contributed by atoms with Crippen LogP contribution in [-0.4, -0.2) is 39.9 Å². The number of nitrogens with zero attached hydrogens (tertiary/aromatic N) is 3. The fourth-order valence-electron chi connectivity index (χ4n) is 1.23. The van der Waals surface area contributed by atoms with Crippen LogP contribution in [0.3, 0.4) is 0 Å². The summed E-state index contributed by atoms with van der Waals surface area (Å²) < 4.78 is 0. The standard InChI is InChI=1S/C9H10N4O.ClH/c1-13(2)9(14)7-3-6-4-10-5-11-8(6)12-7;/h3-5H,1-2H3,(H,10,11,12);1H. The molecule has 2 aromatic heterocycles. The summed E-state index contributed by atoms with van der Waals surface area (Å²) in [6.07, 6.45) is 3.12. The van der Waals surface area contributed by atoms with Crippen molar-refractivity contribution in [2.75, 3.05) is 14.1 Å². The van der Waals surface area contributed by atoms with Gasteiger partial charge in [-0.2, -0.15) is 0 Å². The van der Waals surface area contributed by atoms with Crippen LogP contribution in [0.5, 0.6) is 0 Å². The van der Waals surface area contributed by atoms with Crippen molar-refractivity contribution in [1.82, 2.24) is 19.9 Å². The summed E-state index contributed by atoms with van der Waals surface area (Å²) in [4.78, 5) is 23.9. The summed E-state index contributed by atoms with van der Waals surface area (Å²) in [6.45, 7) is 0. The Hall–Kier alpha value is -1.62. The van der Waals surface area contributed by atoms with E-state index < -0.39 is 0 Å². The van der Waals surface area contributed by atoms with E-state index in [1.807, 2.05) is 0 Å². The molecule has 15 heavy (non-hydrogen) atoms. The first kappa shape index (κ1) is 11.5. The van der Waals surface area contributed by atoms with Crippen LogP contribution in [0.4, 0.5) is 0 Å². The van der Waals surface area contributed by atoms with Gasteiger partial charge in [0.1, 0.15) is 17.7 Å². The van der Waals surface area contributed by atoms with Crippen molar-refractivity contribution in [3.05, 3.63) is 24.3 Å². The molecule has 0 bridgehead atoms. The number of aromatic amines is 1. The van der Waals surface area contributed by atoms with Crippen molar-refractivity contribution in [2.24, 2.45) is 0 Å². The van der Waals surface area contributed by atoms with Gasteiger partial charge >= 0.3 is 0 Å². The molecule has 2 aromatic rings. The quantitative estimate of drug-likeness (QED) is 0.792. The molecular formula is C9H11ClN4O. The van der Waals surface area contributed by atoms with Crippen molar-refractivity contribution in [1.29, 1.82) is 0 Å². The number of fused-ring (bicyclic) bond motifs is 1. The Morgan fingerprint density at radius 2 is 2.20 bits per heavy atom. The van der Waals surface area contributed by atoms with E-state index in [4.69, 9.17) is 0 Å². The first-order valence-electron chi connectivity index (χ1n) is 4.19. The van der Waals surface area contributed by atoms with Crippen molar-refractivity contribution in [3.63, 3.8) is 0 Å². The number of hydrogen-bond acceptors (Lipinski definition) is 3. The maximum absolute atomic E-state index is 11.6. The summed E-state index contributed by atoms with van der Waals surface area (Å²) >= 11 is 0. The molecule has 1 N–H and O–H groups in total. The van der Waals surface area contributed by atoms with Crippen molar-refractivity contribution in [2.45, 2.75) is 0 Å². The predicted octanol–water partition coefficient (Wildman–Crippen LogP) is 1.08. The maximum Gasteiger partial charge on any atom is 0.269 e. The molecule has 80 valence electrons. The number of amides is 1. The molecule has 0 saturated carbocycles. The zero-order valence-corrected chi connectivity index (χ0v) is 9.21. The number of nitrogens with one attached hydrogen (secondary N) is 1. The molecule has 2 heterocycles. The van der Waals surface area contributed by atoms with E-state index in [0.29, 0.717) is 11.3 Å². The molecule has 2 rings (SSSR count). The van der Waals surface area contributed by atoms with E-state index in [1.54, 1.807) is 26.4 Å². The normalized spacial score (nSPS) is 9.73.